The second kappa shape index (κ2) is 2.26. The molecule has 0 fully saturated rings. The summed E-state index contributed by atoms with van der Waals surface area (Å²) in [5.41, 5.74) is 0. The van der Waals surface area contributed by atoms with Crippen molar-refractivity contribution >= 4 is 34.1 Å². The van der Waals surface area contributed by atoms with E-state index in [1.807, 2.05) is 5.32 Å². The fourth-order valence-electron chi connectivity index (χ4n) is 0.407. The molecule has 3 amide bonds. The molecule has 0 spiro atoms. The number of nitrogens with zero attached hydrogens (tertiary/aromatic N) is 1. The van der Waals surface area contributed by atoms with Gasteiger partial charge in [-0.05, 0) is 0 Å². The highest BCUT2D eigenvalue weighted by molar-refractivity contribution is 9.10. The quantitative estimate of drug-likeness (QED) is 0.550. The fraction of sp³-hybridized carbons (Fsp3) is 0.250. The van der Waals surface area contributed by atoms with Gasteiger partial charge in [0.05, 0.1) is 0 Å². The van der Waals surface area contributed by atoms with E-state index in [4.69, 9.17) is 0 Å². The first-order valence-corrected chi connectivity index (χ1v) is 3.15. The van der Waals surface area contributed by atoms with Crippen LogP contribution in [-0.2, 0) is 4.79 Å². The van der Waals surface area contributed by atoms with Crippen LogP contribution in [0.3, 0.4) is 0 Å². The van der Waals surface area contributed by atoms with Gasteiger partial charge in [-0.3, -0.25) is 10.1 Å². The van der Waals surface area contributed by atoms with Gasteiger partial charge >= 0.3 is 6.03 Å². The summed E-state index contributed by atoms with van der Waals surface area (Å²) >= 11 is 2.97. The van der Waals surface area contributed by atoms with Gasteiger partial charge in [-0.2, -0.15) is 0 Å². The van der Waals surface area contributed by atoms with Gasteiger partial charge in [0.2, 0.25) is 5.91 Å². The maximum absolute atomic E-state index is 10.5. The standard InChI is InChI=1S/C4H3BrN2O2/c5-2-1-6-4(9)7-3(2)8/h1-2H,(H,7,8,9). The van der Waals surface area contributed by atoms with Crippen molar-refractivity contribution in [2.75, 3.05) is 0 Å². The lowest BCUT2D eigenvalue weighted by Crippen LogP contribution is -2.39. The third-order valence-electron chi connectivity index (χ3n) is 0.803. The number of aliphatic imine (C=N–C) groups is 1. The monoisotopic (exact) mass is 190 g/mol. The topological polar surface area (TPSA) is 58.5 Å². The molecule has 0 radical (unpaired) electrons. The van der Waals surface area contributed by atoms with Crippen LogP contribution in [0.2, 0.25) is 0 Å². The number of hydrogen-bond acceptors (Lipinski definition) is 2. The molecule has 0 aromatic carbocycles. The summed E-state index contributed by atoms with van der Waals surface area (Å²) in [4.78, 5) is 23.7. The SMILES string of the molecule is O=C1N=CC(Br)C(=O)N1. The first-order valence-electron chi connectivity index (χ1n) is 2.23. The second-order valence-corrected chi connectivity index (χ2v) is 2.46. The maximum atomic E-state index is 10.5. The van der Waals surface area contributed by atoms with Crippen molar-refractivity contribution in [2.24, 2.45) is 4.99 Å². The predicted molar refractivity (Wildman–Crippen MR) is 34.7 cm³/mol. The molecule has 5 heteroatoms. The Kier molecular flexibility index (Phi) is 1.61. The van der Waals surface area contributed by atoms with E-state index in [0.717, 1.165) is 0 Å². The van der Waals surface area contributed by atoms with E-state index >= 15 is 0 Å². The van der Waals surface area contributed by atoms with E-state index < -0.39 is 10.9 Å². The van der Waals surface area contributed by atoms with Crippen LogP contribution >= 0.6 is 15.9 Å². The maximum Gasteiger partial charge on any atom is 0.347 e. The summed E-state index contributed by atoms with van der Waals surface area (Å²) in [5.74, 6) is -0.366. The highest BCUT2D eigenvalue weighted by atomic mass is 79.9. The second-order valence-electron chi connectivity index (χ2n) is 1.47. The average Bonchev–Trinajstić information content (AvgIpc) is 1.80. The molecule has 0 aromatic rings. The summed E-state index contributed by atoms with van der Waals surface area (Å²) in [6.07, 6.45) is 1.25. The zero-order valence-corrected chi connectivity index (χ0v) is 5.88. The molecule has 9 heavy (non-hydrogen) atoms. The number of nitrogens with one attached hydrogen (secondary N) is 1. The molecule has 0 aliphatic carbocycles. The smallest absolute Gasteiger partial charge is 0.275 e. The first-order chi connectivity index (χ1) is 4.20. The van der Waals surface area contributed by atoms with E-state index in [0.29, 0.717) is 0 Å². The Balaban J connectivity index is 2.76. The summed E-state index contributed by atoms with van der Waals surface area (Å²) in [5, 5.41) is 2.01. The number of carbonyl (C=O) groups is 2. The van der Waals surface area contributed by atoms with Crippen molar-refractivity contribution < 1.29 is 9.59 Å². The summed E-state index contributed by atoms with van der Waals surface area (Å²) < 4.78 is 0. The molecule has 4 nitrogen and oxygen atoms in total. The lowest BCUT2D eigenvalue weighted by Gasteiger charge is -2.06. The zero-order valence-electron chi connectivity index (χ0n) is 4.30. The molecule has 1 aliphatic heterocycles. The lowest BCUT2D eigenvalue weighted by molar-refractivity contribution is -0.118. The number of imide groups is 1. The third-order valence-corrected chi connectivity index (χ3v) is 1.46. The van der Waals surface area contributed by atoms with Crippen LogP contribution in [0.4, 0.5) is 4.79 Å². The van der Waals surface area contributed by atoms with Crippen molar-refractivity contribution in [1.82, 2.24) is 5.32 Å². The highest BCUT2D eigenvalue weighted by Gasteiger charge is 2.19. The number of amides is 3. The molecule has 48 valence electrons. The minimum Gasteiger partial charge on any atom is -0.275 e. The molecule has 1 aliphatic rings. The number of hydrogen-bond donors (Lipinski definition) is 1. The summed E-state index contributed by atoms with van der Waals surface area (Å²) in [6.45, 7) is 0. The van der Waals surface area contributed by atoms with Crippen molar-refractivity contribution in [3.8, 4) is 0 Å². The van der Waals surface area contributed by atoms with Crippen LogP contribution in [0.15, 0.2) is 4.99 Å². The lowest BCUT2D eigenvalue weighted by atomic mass is 10.4. The van der Waals surface area contributed by atoms with Crippen molar-refractivity contribution in [3.05, 3.63) is 0 Å². The van der Waals surface area contributed by atoms with Crippen LogP contribution in [-0.4, -0.2) is 23.0 Å². The molecule has 1 heterocycles. The van der Waals surface area contributed by atoms with E-state index in [9.17, 15) is 9.59 Å². The van der Waals surface area contributed by atoms with Crippen molar-refractivity contribution in [1.29, 1.82) is 0 Å². The Hall–Kier alpha value is -0.710. The van der Waals surface area contributed by atoms with Gasteiger partial charge in [0.15, 0.2) is 0 Å². The Labute approximate surface area is 59.5 Å². The molecule has 1 rings (SSSR count). The minimum absolute atomic E-state index is 0.366. The molecular formula is C4H3BrN2O2. The Morgan fingerprint density at radius 3 is 2.78 bits per heavy atom. The van der Waals surface area contributed by atoms with E-state index in [-0.39, 0.29) is 5.91 Å². The van der Waals surface area contributed by atoms with E-state index in [2.05, 4.69) is 20.9 Å². The Morgan fingerprint density at radius 2 is 2.33 bits per heavy atom. The van der Waals surface area contributed by atoms with Gasteiger partial charge < -0.3 is 0 Å². The molecule has 1 unspecified atom stereocenters. The van der Waals surface area contributed by atoms with Crippen LogP contribution in [0.1, 0.15) is 0 Å². The summed E-state index contributed by atoms with van der Waals surface area (Å²) in [6, 6.07) is -0.601. The van der Waals surface area contributed by atoms with Crippen LogP contribution in [0.25, 0.3) is 0 Å². The molecular weight excluding hydrogens is 188 g/mol. The minimum atomic E-state index is -0.601. The van der Waals surface area contributed by atoms with Gasteiger partial charge in [-0.1, -0.05) is 15.9 Å². The molecule has 0 saturated heterocycles. The van der Waals surface area contributed by atoms with Gasteiger partial charge in [-0.25, -0.2) is 9.79 Å². The predicted octanol–water partition coefficient (Wildman–Crippen LogP) is 0.0705. The van der Waals surface area contributed by atoms with E-state index in [1.54, 1.807) is 0 Å². The van der Waals surface area contributed by atoms with Gasteiger partial charge in [0.1, 0.15) is 4.83 Å². The zero-order chi connectivity index (χ0) is 6.85. The van der Waals surface area contributed by atoms with Crippen molar-refractivity contribution in [2.45, 2.75) is 4.83 Å². The first kappa shape index (κ1) is 6.41. The van der Waals surface area contributed by atoms with Crippen molar-refractivity contribution in [3.63, 3.8) is 0 Å². The molecule has 1 N–H and O–H groups in total. The number of rotatable bonds is 0. The van der Waals surface area contributed by atoms with Gasteiger partial charge in [0, 0.05) is 6.21 Å². The molecule has 1 atom stereocenters. The normalized spacial score (nSPS) is 26.1. The highest BCUT2D eigenvalue weighted by Crippen LogP contribution is 1.99. The number of alkyl halides is 1. The van der Waals surface area contributed by atoms with Crippen LogP contribution in [0, 0.1) is 0 Å². The Bertz CT molecular complexity index is 189. The van der Waals surface area contributed by atoms with Crippen LogP contribution in [0.5, 0.6) is 0 Å². The average molecular weight is 191 g/mol. The Morgan fingerprint density at radius 1 is 1.67 bits per heavy atom. The summed E-state index contributed by atoms with van der Waals surface area (Å²) in [7, 11) is 0. The third kappa shape index (κ3) is 1.35. The number of carbonyl (C=O) groups excluding carboxylic acids is 2. The molecule has 0 saturated carbocycles. The van der Waals surface area contributed by atoms with Gasteiger partial charge in [0.25, 0.3) is 0 Å². The molecule has 0 aromatic heterocycles. The largest absolute Gasteiger partial charge is 0.347 e. The van der Waals surface area contributed by atoms with E-state index in [1.165, 1.54) is 6.21 Å². The fourth-order valence-corrected chi connectivity index (χ4v) is 0.640. The van der Waals surface area contributed by atoms with Crippen LogP contribution < -0.4 is 5.32 Å². The molecule has 0 bridgehead atoms. The van der Waals surface area contributed by atoms with Gasteiger partial charge in [-0.15, -0.1) is 0 Å². The number of halogens is 1. The number of urea groups is 1.